The quantitative estimate of drug-likeness (QED) is 0.758. The lowest BCUT2D eigenvalue weighted by atomic mass is 9.76. The fourth-order valence-electron chi connectivity index (χ4n) is 4.75. The SMILES string of the molecule is COC(=O)C1(NC(=O)CC2CC3CCC(C2)N3)CCC(C)CC1.Cl. The molecule has 3 rings (SSSR count). The van der Waals surface area contributed by atoms with E-state index in [2.05, 4.69) is 17.6 Å². The van der Waals surface area contributed by atoms with Crippen molar-refractivity contribution in [2.75, 3.05) is 7.11 Å². The molecule has 0 aromatic rings. The predicted octanol–water partition coefficient (Wildman–Crippen LogP) is 2.57. The zero-order valence-corrected chi connectivity index (χ0v) is 15.6. The van der Waals surface area contributed by atoms with Crippen LogP contribution in [0.25, 0.3) is 0 Å². The van der Waals surface area contributed by atoms with Crippen molar-refractivity contribution < 1.29 is 14.3 Å². The highest BCUT2D eigenvalue weighted by Crippen LogP contribution is 2.35. The molecule has 2 atom stereocenters. The molecule has 0 aromatic carbocycles. The van der Waals surface area contributed by atoms with Gasteiger partial charge in [-0.05, 0) is 63.2 Å². The summed E-state index contributed by atoms with van der Waals surface area (Å²) >= 11 is 0. The molecular weight excluding hydrogens is 328 g/mol. The van der Waals surface area contributed by atoms with Gasteiger partial charge in [-0.15, -0.1) is 12.4 Å². The van der Waals surface area contributed by atoms with E-state index < -0.39 is 5.54 Å². The number of hydrogen-bond acceptors (Lipinski definition) is 4. The number of halogens is 1. The summed E-state index contributed by atoms with van der Waals surface area (Å²) in [5.74, 6) is 0.815. The van der Waals surface area contributed by atoms with Crippen LogP contribution in [0.3, 0.4) is 0 Å². The lowest BCUT2D eigenvalue weighted by molar-refractivity contribution is -0.153. The van der Waals surface area contributed by atoms with Gasteiger partial charge < -0.3 is 15.4 Å². The van der Waals surface area contributed by atoms with Gasteiger partial charge in [-0.1, -0.05) is 6.92 Å². The zero-order chi connectivity index (χ0) is 16.4. The van der Waals surface area contributed by atoms with E-state index in [1.807, 2.05) is 0 Å². The Labute approximate surface area is 151 Å². The Balaban J connectivity index is 0.00000208. The Morgan fingerprint density at radius 1 is 1.12 bits per heavy atom. The maximum atomic E-state index is 12.6. The van der Waals surface area contributed by atoms with Crippen molar-refractivity contribution in [3.8, 4) is 0 Å². The minimum Gasteiger partial charge on any atom is -0.467 e. The van der Waals surface area contributed by atoms with Crippen LogP contribution in [-0.2, 0) is 14.3 Å². The number of nitrogens with one attached hydrogen (secondary N) is 2. The molecule has 2 unspecified atom stereocenters. The van der Waals surface area contributed by atoms with E-state index in [1.165, 1.54) is 20.0 Å². The zero-order valence-electron chi connectivity index (χ0n) is 14.8. The van der Waals surface area contributed by atoms with Crippen LogP contribution in [0.1, 0.15) is 64.7 Å². The summed E-state index contributed by atoms with van der Waals surface area (Å²) in [6, 6.07) is 1.19. The van der Waals surface area contributed by atoms with Crippen LogP contribution in [0.2, 0.25) is 0 Å². The average Bonchev–Trinajstić information content (AvgIpc) is 2.87. The lowest BCUT2D eigenvalue weighted by Crippen LogP contribution is -2.57. The normalized spacial score (nSPS) is 38.1. The lowest BCUT2D eigenvalue weighted by Gasteiger charge is -2.38. The monoisotopic (exact) mass is 358 g/mol. The highest BCUT2D eigenvalue weighted by atomic mass is 35.5. The molecule has 0 aromatic heterocycles. The Bertz CT molecular complexity index is 451. The first-order chi connectivity index (χ1) is 11.0. The first kappa shape index (κ1) is 19.5. The molecule has 1 saturated carbocycles. The third-order valence-electron chi connectivity index (χ3n) is 6.13. The van der Waals surface area contributed by atoms with Crippen LogP contribution in [0, 0.1) is 11.8 Å². The van der Waals surface area contributed by atoms with Crippen molar-refractivity contribution in [3.05, 3.63) is 0 Å². The third kappa shape index (κ3) is 4.23. The topological polar surface area (TPSA) is 67.4 Å². The Morgan fingerprint density at radius 3 is 2.25 bits per heavy atom. The Hall–Kier alpha value is -0.810. The molecule has 138 valence electrons. The first-order valence-corrected chi connectivity index (χ1v) is 9.16. The van der Waals surface area contributed by atoms with Gasteiger partial charge in [0.05, 0.1) is 7.11 Å². The molecule has 6 heteroatoms. The van der Waals surface area contributed by atoms with Gasteiger partial charge >= 0.3 is 5.97 Å². The van der Waals surface area contributed by atoms with Crippen molar-refractivity contribution >= 4 is 24.3 Å². The molecule has 2 bridgehead atoms. The van der Waals surface area contributed by atoms with Crippen molar-refractivity contribution in [2.24, 2.45) is 11.8 Å². The van der Waals surface area contributed by atoms with Gasteiger partial charge in [0.15, 0.2) is 0 Å². The molecule has 0 spiro atoms. The summed E-state index contributed by atoms with van der Waals surface area (Å²) in [4.78, 5) is 24.9. The van der Waals surface area contributed by atoms with Crippen molar-refractivity contribution in [3.63, 3.8) is 0 Å². The van der Waals surface area contributed by atoms with E-state index in [0.29, 0.717) is 43.2 Å². The van der Waals surface area contributed by atoms with Gasteiger partial charge in [0, 0.05) is 18.5 Å². The predicted molar refractivity (Wildman–Crippen MR) is 95.1 cm³/mol. The molecule has 2 N–H and O–H groups in total. The van der Waals surface area contributed by atoms with Crippen LogP contribution < -0.4 is 10.6 Å². The maximum Gasteiger partial charge on any atom is 0.331 e. The number of methoxy groups -OCH3 is 1. The number of hydrogen-bond donors (Lipinski definition) is 2. The van der Waals surface area contributed by atoms with Crippen molar-refractivity contribution in [1.82, 2.24) is 10.6 Å². The smallest absolute Gasteiger partial charge is 0.331 e. The van der Waals surface area contributed by atoms with Gasteiger partial charge in [0.1, 0.15) is 5.54 Å². The molecule has 0 radical (unpaired) electrons. The summed E-state index contributed by atoms with van der Waals surface area (Å²) in [6.07, 6.45) is 8.54. The molecule has 24 heavy (non-hydrogen) atoms. The molecule has 2 heterocycles. The number of fused-ring (bicyclic) bond motifs is 2. The van der Waals surface area contributed by atoms with Crippen molar-refractivity contribution in [2.45, 2.75) is 82.3 Å². The number of rotatable bonds is 4. The van der Waals surface area contributed by atoms with Gasteiger partial charge in [-0.3, -0.25) is 4.79 Å². The molecule has 1 amide bonds. The molecule has 5 nitrogen and oxygen atoms in total. The van der Waals surface area contributed by atoms with Crippen LogP contribution >= 0.6 is 12.4 Å². The highest BCUT2D eigenvalue weighted by molar-refractivity contribution is 5.88. The minimum absolute atomic E-state index is 0. The van der Waals surface area contributed by atoms with E-state index in [0.717, 1.165) is 25.7 Å². The number of piperidine rings is 1. The average molecular weight is 359 g/mol. The van der Waals surface area contributed by atoms with Crippen molar-refractivity contribution in [1.29, 1.82) is 0 Å². The van der Waals surface area contributed by atoms with Gasteiger partial charge in [0.25, 0.3) is 0 Å². The molecule has 2 saturated heterocycles. The van der Waals surface area contributed by atoms with Gasteiger partial charge in [-0.25, -0.2) is 4.79 Å². The summed E-state index contributed by atoms with van der Waals surface area (Å²) in [5.41, 5.74) is -0.787. The second kappa shape index (κ2) is 8.05. The van der Waals surface area contributed by atoms with Gasteiger partial charge in [-0.2, -0.15) is 0 Å². The maximum absolute atomic E-state index is 12.6. The molecule has 3 aliphatic rings. The number of carbonyl (C=O) groups excluding carboxylic acids is 2. The fraction of sp³-hybridized carbons (Fsp3) is 0.889. The number of esters is 1. The summed E-state index contributed by atoms with van der Waals surface area (Å²) in [6.45, 7) is 2.20. The van der Waals surface area contributed by atoms with Crippen LogP contribution in [0.4, 0.5) is 0 Å². The fourth-order valence-corrected chi connectivity index (χ4v) is 4.75. The van der Waals surface area contributed by atoms with Crippen LogP contribution in [-0.4, -0.2) is 36.6 Å². The van der Waals surface area contributed by atoms with E-state index in [4.69, 9.17) is 4.74 Å². The molecule has 2 aliphatic heterocycles. The minimum atomic E-state index is -0.787. The number of carbonyl (C=O) groups is 2. The third-order valence-corrected chi connectivity index (χ3v) is 6.13. The van der Waals surface area contributed by atoms with E-state index in [-0.39, 0.29) is 24.3 Å². The Morgan fingerprint density at radius 2 is 1.71 bits per heavy atom. The summed E-state index contributed by atoms with van der Waals surface area (Å²) < 4.78 is 5.00. The standard InChI is InChI=1S/C18H30N2O3.ClH/c1-12-5-7-18(8-6-12,17(22)23-2)20-16(21)11-13-9-14-3-4-15(10-13)19-14;/h12-15,19H,3-11H2,1-2H3,(H,20,21);1H. The van der Waals surface area contributed by atoms with Crippen LogP contribution in [0.5, 0.6) is 0 Å². The van der Waals surface area contributed by atoms with E-state index in [1.54, 1.807) is 0 Å². The highest BCUT2D eigenvalue weighted by Gasteiger charge is 2.44. The Kier molecular flexibility index (Phi) is 6.54. The van der Waals surface area contributed by atoms with Gasteiger partial charge in [0.2, 0.25) is 5.91 Å². The molecular formula is C18H31ClN2O3. The largest absolute Gasteiger partial charge is 0.467 e. The van der Waals surface area contributed by atoms with E-state index >= 15 is 0 Å². The summed E-state index contributed by atoms with van der Waals surface area (Å²) in [5, 5.41) is 6.68. The second-order valence-electron chi connectivity index (χ2n) is 7.98. The molecule has 1 aliphatic carbocycles. The second-order valence-corrected chi connectivity index (χ2v) is 7.98. The van der Waals surface area contributed by atoms with Crippen LogP contribution in [0.15, 0.2) is 0 Å². The molecule has 3 fully saturated rings. The number of ether oxygens (including phenoxy) is 1. The summed E-state index contributed by atoms with van der Waals surface area (Å²) in [7, 11) is 1.42. The number of amides is 1. The van der Waals surface area contributed by atoms with E-state index in [9.17, 15) is 9.59 Å². The first-order valence-electron chi connectivity index (χ1n) is 9.16.